The Balaban J connectivity index is 1.32. The summed E-state index contributed by atoms with van der Waals surface area (Å²) in [5, 5.41) is 0. The van der Waals surface area contributed by atoms with Crippen LogP contribution in [0.1, 0.15) is 321 Å². The van der Waals surface area contributed by atoms with Crippen molar-refractivity contribution in [3.05, 3.63) is 123 Å². The summed E-state index contributed by atoms with van der Waals surface area (Å²) in [6.45, 7) is 15.3. The lowest BCUT2D eigenvalue weighted by Crippen LogP contribution is -2.13. The van der Waals surface area contributed by atoms with Gasteiger partial charge in [0.15, 0.2) is 0 Å². The maximum absolute atomic E-state index is 6.74. The fourth-order valence-electron chi connectivity index (χ4n) is 11.9. The van der Waals surface area contributed by atoms with Crippen molar-refractivity contribution in [3.8, 4) is 17.2 Å². The Labute approximate surface area is 483 Å². The van der Waals surface area contributed by atoms with Crippen LogP contribution in [0.5, 0.6) is 17.2 Å². The molecular formula is C75H120O3. The van der Waals surface area contributed by atoms with Crippen LogP contribution in [0.15, 0.2) is 72.8 Å². The van der Waals surface area contributed by atoms with Crippen LogP contribution >= 0.6 is 0 Å². The second-order valence-electron chi connectivity index (χ2n) is 24.1. The van der Waals surface area contributed by atoms with Crippen LogP contribution in [0, 0.1) is 20.8 Å². The summed E-state index contributed by atoms with van der Waals surface area (Å²) in [4.78, 5) is 0. The second-order valence-corrected chi connectivity index (χ2v) is 24.1. The Kier molecular flexibility index (Phi) is 38.5. The molecule has 0 aliphatic heterocycles. The first-order chi connectivity index (χ1) is 38.4. The Morgan fingerprint density at radius 3 is 0.641 bits per heavy atom. The van der Waals surface area contributed by atoms with Crippen LogP contribution in [0.2, 0.25) is 0 Å². The molecule has 0 heterocycles. The quantitative estimate of drug-likeness (QED) is 0.0413. The van der Waals surface area contributed by atoms with Crippen LogP contribution < -0.4 is 14.2 Å². The van der Waals surface area contributed by atoms with Gasteiger partial charge < -0.3 is 14.2 Å². The van der Waals surface area contributed by atoms with Crippen LogP contribution in [0.3, 0.4) is 0 Å². The molecule has 3 heteroatoms. The fourth-order valence-corrected chi connectivity index (χ4v) is 11.9. The number of aryl methyl sites for hydroxylation is 3. The van der Waals surface area contributed by atoms with Crippen molar-refractivity contribution in [2.75, 3.05) is 0 Å². The Morgan fingerprint density at radius 1 is 0.244 bits per heavy atom. The number of benzene rings is 4. The summed E-state index contributed by atoms with van der Waals surface area (Å²) in [6.07, 6.45) is 57.3. The molecule has 0 fully saturated rings. The van der Waals surface area contributed by atoms with E-state index in [4.69, 9.17) is 14.2 Å². The number of ether oxygens (including phenoxy) is 3. The molecule has 438 valence electrons. The topological polar surface area (TPSA) is 27.7 Å². The van der Waals surface area contributed by atoms with Crippen LogP contribution in [-0.2, 0) is 39.1 Å². The Bertz CT molecular complexity index is 1810. The van der Waals surface area contributed by atoms with Crippen LogP contribution in [-0.4, -0.2) is 0 Å². The van der Waals surface area contributed by atoms with Gasteiger partial charge in [0.05, 0.1) is 0 Å². The molecule has 3 nitrogen and oxygen atoms in total. The van der Waals surface area contributed by atoms with Gasteiger partial charge in [0.1, 0.15) is 37.1 Å². The highest BCUT2D eigenvalue weighted by Gasteiger charge is 2.19. The van der Waals surface area contributed by atoms with Gasteiger partial charge in [-0.3, -0.25) is 0 Å². The smallest absolute Gasteiger partial charge is 0.120 e. The predicted molar refractivity (Wildman–Crippen MR) is 341 cm³/mol. The highest BCUT2D eigenvalue weighted by molar-refractivity contribution is 5.51. The molecule has 0 saturated carbocycles. The third-order valence-corrected chi connectivity index (χ3v) is 17.3. The van der Waals surface area contributed by atoms with Gasteiger partial charge in [-0.25, -0.2) is 0 Å². The number of rotatable bonds is 51. The Hall–Kier alpha value is -3.72. The number of hydrogen-bond donors (Lipinski definition) is 0. The summed E-state index contributed by atoms with van der Waals surface area (Å²) < 4.78 is 20.2. The molecule has 0 bridgehead atoms. The zero-order valence-electron chi connectivity index (χ0n) is 52.0. The lowest BCUT2D eigenvalue weighted by molar-refractivity contribution is 0.289. The monoisotopic (exact) mass is 1070 g/mol. The molecule has 0 aliphatic carbocycles. The molecule has 0 unspecified atom stereocenters. The summed E-state index contributed by atoms with van der Waals surface area (Å²) in [6, 6.07) is 26.6. The molecular weight excluding hydrogens is 949 g/mol. The minimum atomic E-state index is 0.517. The number of hydrogen-bond acceptors (Lipinski definition) is 3. The average Bonchev–Trinajstić information content (AvgIpc) is 3.48. The minimum absolute atomic E-state index is 0.517. The Morgan fingerprint density at radius 2 is 0.436 bits per heavy atom. The highest BCUT2D eigenvalue weighted by Crippen LogP contribution is 2.32. The van der Waals surface area contributed by atoms with E-state index in [2.05, 4.69) is 114 Å². The van der Waals surface area contributed by atoms with Gasteiger partial charge in [-0.15, -0.1) is 0 Å². The van der Waals surface area contributed by atoms with E-state index in [9.17, 15) is 0 Å². The van der Waals surface area contributed by atoms with Gasteiger partial charge in [-0.2, -0.15) is 0 Å². The molecule has 0 aromatic heterocycles. The van der Waals surface area contributed by atoms with Gasteiger partial charge in [0.2, 0.25) is 0 Å². The minimum Gasteiger partial charge on any atom is -0.489 e. The molecule has 0 N–H and O–H groups in total. The lowest BCUT2D eigenvalue weighted by atomic mass is 9.89. The van der Waals surface area contributed by atoms with Gasteiger partial charge in [0, 0.05) is 0 Å². The third-order valence-electron chi connectivity index (χ3n) is 17.3. The molecule has 4 rings (SSSR count). The maximum atomic E-state index is 6.74. The molecule has 4 aromatic carbocycles. The summed E-state index contributed by atoms with van der Waals surface area (Å²) in [5.74, 6) is 2.87. The van der Waals surface area contributed by atoms with E-state index in [1.165, 1.54) is 300 Å². The van der Waals surface area contributed by atoms with E-state index in [1.807, 2.05) is 0 Å². The van der Waals surface area contributed by atoms with Crippen molar-refractivity contribution >= 4 is 0 Å². The molecule has 0 radical (unpaired) electrons. The maximum Gasteiger partial charge on any atom is 0.120 e. The van der Waals surface area contributed by atoms with Crippen molar-refractivity contribution in [2.45, 2.75) is 331 Å². The van der Waals surface area contributed by atoms with E-state index < -0.39 is 0 Å². The SMILES string of the molecule is CCCCCCCCCCCCCCCc1cccc(OCc2c(C)c(COc3cccc(CCCCCCCCCCCCCCC)c3)c(C)c(COc3cccc(CCCCCCCCCCCCCCC)c3)c2C)c1. The van der Waals surface area contributed by atoms with E-state index in [1.54, 1.807) is 0 Å². The number of unbranched alkanes of at least 4 members (excludes halogenated alkanes) is 36. The standard InChI is InChI=1S/C75H120O3/c1-7-10-13-16-19-22-25-28-31-34-37-40-43-49-67-52-46-55-70(58-67)76-61-73-64(4)74(62-77-71-56-47-53-68(59-71)50-44-41-38-35-32-29-26-23-20-17-14-11-8-2)66(6)75(65(73)5)63-78-72-57-48-54-69(60-72)51-45-42-39-36-33-30-27-24-21-18-15-12-9-3/h46-48,52-60H,7-45,49-51,61-63H2,1-6H3. The fraction of sp³-hybridized carbons (Fsp3) is 0.680. The second kappa shape index (κ2) is 45.0. The molecule has 0 amide bonds. The van der Waals surface area contributed by atoms with E-state index in [0.717, 1.165) is 36.5 Å². The first kappa shape index (κ1) is 66.8. The summed E-state index contributed by atoms with van der Waals surface area (Å²) in [7, 11) is 0. The molecule has 4 aromatic rings. The summed E-state index contributed by atoms with van der Waals surface area (Å²) in [5.41, 5.74) is 11.7. The first-order valence-corrected chi connectivity index (χ1v) is 33.7. The van der Waals surface area contributed by atoms with Crippen LogP contribution in [0.4, 0.5) is 0 Å². The average molecular weight is 1070 g/mol. The van der Waals surface area contributed by atoms with Gasteiger partial charge in [-0.1, -0.05) is 288 Å². The highest BCUT2D eigenvalue weighted by atomic mass is 16.5. The van der Waals surface area contributed by atoms with Gasteiger partial charge in [-0.05, 0) is 146 Å². The van der Waals surface area contributed by atoms with Crippen molar-refractivity contribution in [2.24, 2.45) is 0 Å². The zero-order chi connectivity index (χ0) is 55.4. The van der Waals surface area contributed by atoms with E-state index >= 15 is 0 Å². The van der Waals surface area contributed by atoms with Crippen molar-refractivity contribution in [3.63, 3.8) is 0 Å². The molecule has 0 atom stereocenters. The van der Waals surface area contributed by atoms with Crippen molar-refractivity contribution < 1.29 is 14.2 Å². The van der Waals surface area contributed by atoms with E-state index in [0.29, 0.717) is 19.8 Å². The predicted octanol–water partition coefficient (Wildman–Crippen LogP) is 24.2. The lowest BCUT2D eigenvalue weighted by Gasteiger charge is -2.23. The largest absolute Gasteiger partial charge is 0.489 e. The normalized spacial score (nSPS) is 11.5. The van der Waals surface area contributed by atoms with Crippen LogP contribution in [0.25, 0.3) is 0 Å². The molecule has 0 aliphatic rings. The van der Waals surface area contributed by atoms with Crippen molar-refractivity contribution in [1.29, 1.82) is 0 Å². The molecule has 0 saturated heterocycles. The zero-order valence-corrected chi connectivity index (χ0v) is 52.0. The van der Waals surface area contributed by atoms with Gasteiger partial charge >= 0.3 is 0 Å². The summed E-state index contributed by atoms with van der Waals surface area (Å²) >= 11 is 0. The third kappa shape index (κ3) is 30.2. The molecule has 0 spiro atoms. The van der Waals surface area contributed by atoms with E-state index in [-0.39, 0.29) is 0 Å². The van der Waals surface area contributed by atoms with Gasteiger partial charge in [0.25, 0.3) is 0 Å². The van der Waals surface area contributed by atoms with Crippen molar-refractivity contribution in [1.82, 2.24) is 0 Å². The molecule has 78 heavy (non-hydrogen) atoms. The first-order valence-electron chi connectivity index (χ1n) is 33.7.